The molecule has 3 nitrogen and oxygen atoms in total. The Morgan fingerprint density at radius 3 is 2.39 bits per heavy atom. The van der Waals surface area contributed by atoms with E-state index in [1.165, 1.54) is 0 Å². The third-order valence-electron chi connectivity index (χ3n) is 2.99. The van der Waals surface area contributed by atoms with Crippen molar-refractivity contribution in [2.75, 3.05) is 0 Å². The Kier molecular flexibility index (Phi) is 4.10. The molecule has 0 saturated heterocycles. The number of allylic oxidation sites excluding steroid dienone is 1. The Hall–Kier alpha value is -0.840. The zero-order valence-corrected chi connectivity index (χ0v) is 11.7. The minimum Gasteiger partial charge on any atom is -0.207 e. The van der Waals surface area contributed by atoms with Gasteiger partial charge in [-0.1, -0.05) is 29.8 Å². The predicted molar refractivity (Wildman–Crippen MR) is 73.3 cm³/mol. The lowest BCUT2D eigenvalue weighted by Crippen LogP contribution is -2.41. The monoisotopic (exact) mass is 285 g/mol. The topological polar surface area (TPSA) is 46.2 Å². The van der Waals surface area contributed by atoms with Gasteiger partial charge in [-0.25, -0.2) is 13.1 Å². The minimum atomic E-state index is -3.48. The summed E-state index contributed by atoms with van der Waals surface area (Å²) in [5, 5.41) is -0.185. The summed E-state index contributed by atoms with van der Waals surface area (Å²) >= 11 is 6.12. The van der Waals surface area contributed by atoms with Crippen molar-refractivity contribution in [1.82, 2.24) is 4.72 Å². The van der Waals surface area contributed by atoms with Crippen molar-refractivity contribution in [2.24, 2.45) is 0 Å². The fourth-order valence-corrected chi connectivity index (χ4v) is 3.52. The van der Waals surface area contributed by atoms with Gasteiger partial charge in [-0.2, -0.15) is 0 Å². The van der Waals surface area contributed by atoms with Crippen LogP contribution < -0.4 is 4.72 Å². The Labute approximate surface area is 113 Å². The molecule has 1 N–H and O–H groups in total. The molecule has 1 aliphatic carbocycles. The highest BCUT2D eigenvalue weighted by Gasteiger charge is 2.26. The summed E-state index contributed by atoms with van der Waals surface area (Å²) < 4.78 is 27.0. The molecule has 1 aromatic rings. The average molecular weight is 286 g/mol. The quantitative estimate of drug-likeness (QED) is 0.685. The van der Waals surface area contributed by atoms with E-state index >= 15 is 0 Å². The van der Waals surface area contributed by atoms with E-state index in [1.54, 1.807) is 24.3 Å². The van der Waals surface area contributed by atoms with Crippen molar-refractivity contribution in [2.45, 2.75) is 36.1 Å². The normalized spacial score (nSPS) is 24.1. The van der Waals surface area contributed by atoms with Crippen molar-refractivity contribution >= 4 is 21.6 Å². The van der Waals surface area contributed by atoms with Gasteiger partial charge in [-0.15, -0.1) is 11.6 Å². The molecule has 2 rings (SSSR count). The maximum atomic E-state index is 12.2. The van der Waals surface area contributed by atoms with E-state index < -0.39 is 10.0 Å². The van der Waals surface area contributed by atoms with Gasteiger partial charge >= 0.3 is 0 Å². The molecule has 5 heteroatoms. The molecular weight excluding hydrogens is 270 g/mol. The van der Waals surface area contributed by atoms with Gasteiger partial charge in [0.1, 0.15) is 0 Å². The maximum absolute atomic E-state index is 12.2. The maximum Gasteiger partial charge on any atom is 0.240 e. The van der Waals surface area contributed by atoms with E-state index in [2.05, 4.69) is 4.72 Å². The molecule has 1 aromatic carbocycles. The van der Waals surface area contributed by atoms with Gasteiger partial charge in [0.2, 0.25) is 10.0 Å². The first kappa shape index (κ1) is 13.6. The third kappa shape index (κ3) is 3.13. The molecule has 0 aromatic heterocycles. The molecule has 1 aliphatic rings. The van der Waals surface area contributed by atoms with Crippen molar-refractivity contribution in [3.05, 3.63) is 42.0 Å². The molecule has 0 amide bonds. The molecule has 18 heavy (non-hydrogen) atoms. The van der Waals surface area contributed by atoms with Crippen LogP contribution in [0.2, 0.25) is 0 Å². The van der Waals surface area contributed by atoms with E-state index in [0.29, 0.717) is 12.8 Å². The first-order valence-electron chi connectivity index (χ1n) is 5.87. The summed E-state index contributed by atoms with van der Waals surface area (Å²) in [5.41, 5.74) is 1.03. The Morgan fingerprint density at radius 2 is 1.78 bits per heavy atom. The molecule has 0 fully saturated rings. The van der Waals surface area contributed by atoms with E-state index in [9.17, 15) is 8.42 Å². The minimum absolute atomic E-state index is 0.185. The van der Waals surface area contributed by atoms with Gasteiger partial charge in [0.05, 0.1) is 10.3 Å². The first-order valence-corrected chi connectivity index (χ1v) is 7.79. The van der Waals surface area contributed by atoms with Gasteiger partial charge in [0.25, 0.3) is 0 Å². The summed E-state index contributed by atoms with van der Waals surface area (Å²) in [5.74, 6) is 0. The van der Waals surface area contributed by atoms with Crippen LogP contribution in [0.4, 0.5) is 0 Å². The Bertz CT molecular complexity index is 537. The highest BCUT2D eigenvalue weighted by Crippen LogP contribution is 2.20. The molecule has 0 saturated carbocycles. The fraction of sp³-hybridized carbons (Fsp3) is 0.385. The number of halogens is 1. The first-order chi connectivity index (χ1) is 8.49. The number of sulfonamides is 1. The van der Waals surface area contributed by atoms with Crippen LogP contribution in [0.15, 0.2) is 41.3 Å². The molecule has 2 atom stereocenters. The molecule has 0 heterocycles. The number of rotatable bonds is 3. The van der Waals surface area contributed by atoms with Crippen LogP contribution in [-0.2, 0) is 10.0 Å². The highest BCUT2D eigenvalue weighted by atomic mass is 35.5. The fourth-order valence-electron chi connectivity index (χ4n) is 1.89. The highest BCUT2D eigenvalue weighted by molar-refractivity contribution is 7.89. The molecule has 2 unspecified atom stereocenters. The van der Waals surface area contributed by atoms with Gasteiger partial charge in [-0.3, -0.25) is 0 Å². The summed E-state index contributed by atoms with van der Waals surface area (Å²) in [7, 11) is -3.48. The Morgan fingerprint density at radius 1 is 1.17 bits per heavy atom. The molecule has 0 aliphatic heterocycles. The van der Waals surface area contributed by atoms with Crippen molar-refractivity contribution < 1.29 is 8.42 Å². The van der Waals surface area contributed by atoms with E-state index in [-0.39, 0.29) is 16.3 Å². The SMILES string of the molecule is Cc1ccc(S(=O)(=O)NC2CC=CCC2Cl)cc1. The number of hydrogen-bond acceptors (Lipinski definition) is 2. The average Bonchev–Trinajstić information content (AvgIpc) is 2.32. The van der Waals surface area contributed by atoms with E-state index in [4.69, 9.17) is 11.6 Å². The van der Waals surface area contributed by atoms with Gasteiger partial charge in [0, 0.05) is 6.04 Å². The van der Waals surface area contributed by atoms with Crippen LogP contribution in [0, 0.1) is 6.92 Å². The molecule has 0 spiro atoms. The zero-order valence-electron chi connectivity index (χ0n) is 10.1. The van der Waals surface area contributed by atoms with Crippen LogP contribution in [0.1, 0.15) is 18.4 Å². The molecule has 0 bridgehead atoms. The second-order valence-corrected chi connectivity index (χ2v) is 6.77. The number of aryl methyl sites for hydroxylation is 1. The number of nitrogens with one attached hydrogen (secondary N) is 1. The lowest BCUT2D eigenvalue weighted by molar-refractivity contribution is 0.526. The molecule has 0 radical (unpaired) electrons. The van der Waals surface area contributed by atoms with E-state index in [1.807, 2.05) is 19.1 Å². The van der Waals surface area contributed by atoms with Crippen LogP contribution in [-0.4, -0.2) is 19.8 Å². The zero-order chi connectivity index (χ0) is 13.2. The molecular formula is C13H16ClNO2S. The second-order valence-electron chi connectivity index (χ2n) is 4.50. The third-order valence-corrected chi connectivity index (χ3v) is 4.98. The summed E-state index contributed by atoms with van der Waals surface area (Å²) in [6.07, 6.45) is 5.28. The van der Waals surface area contributed by atoms with Gasteiger partial charge in [0.15, 0.2) is 0 Å². The van der Waals surface area contributed by atoms with Crippen molar-refractivity contribution in [3.63, 3.8) is 0 Å². The van der Waals surface area contributed by atoms with Crippen LogP contribution in [0.5, 0.6) is 0 Å². The largest absolute Gasteiger partial charge is 0.240 e. The number of alkyl halides is 1. The van der Waals surface area contributed by atoms with Gasteiger partial charge < -0.3 is 0 Å². The summed E-state index contributed by atoms with van der Waals surface area (Å²) in [4.78, 5) is 0.284. The summed E-state index contributed by atoms with van der Waals surface area (Å²) in [6, 6.07) is 6.56. The van der Waals surface area contributed by atoms with E-state index in [0.717, 1.165) is 5.56 Å². The van der Waals surface area contributed by atoms with Crippen molar-refractivity contribution in [1.29, 1.82) is 0 Å². The van der Waals surface area contributed by atoms with Crippen molar-refractivity contribution in [3.8, 4) is 0 Å². The molecule has 98 valence electrons. The standard InChI is InChI=1S/C13H16ClNO2S/c1-10-6-8-11(9-7-10)18(16,17)15-13-5-3-2-4-12(13)14/h2-3,6-9,12-13,15H,4-5H2,1H3. The summed E-state index contributed by atoms with van der Waals surface area (Å²) in [6.45, 7) is 1.92. The Balaban J connectivity index is 2.16. The van der Waals surface area contributed by atoms with Crippen LogP contribution >= 0.6 is 11.6 Å². The van der Waals surface area contributed by atoms with Crippen LogP contribution in [0.25, 0.3) is 0 Å². The number of benzene rings is 1. The van der Waals surface area contributed by atoms with Gasteiger partial charge in [-0.05, 0) is 31.9 Å². The predicted octanol–water partition coefficient (Wildman–Crippen LogP) is 2.60. The van der Waals surface area contributed by atoms with Crippen LogP contribution in [0.3, 0.4) is 0 Å². The lowest BCUT2D eigenvalue weighted by atomic mass is 10.0. The smallest absolute Gasteiger partial charge is 0.207 e. The second kappa shape index (κ2) is 5.43. The number of hydrogen-bond donors (Lipinski definition) is 1. The lowest BCUT2D eigenvalue weighted by Gasteiger charge is -2.24.